The molecule has 0 N–H and O–H groups in total. The van der Waals surface area contributed by atoms with Crippen molar-refractivity contribution in [3.63, 3.8) is 0 Å². The summed E-state index contributed by atoms with van der Waals surface area (Å²) in [5.74, 6) is -0.226. The normalized spacial score (nSPS) is 16.0. The first-order valence-electron chi connectivity index (χ1n) is 25.2. The lowest BCUT2D eigenvalue weighted by molar-refractivity contribution is -0.122. The number of aryl methyl sites for hydroxylation is 2. The minimum Gasteiger partial charge on any atom is -0.282 e. The van der Waals surface area contributed by atoms with Gasteiger partial charge in [-0.3, -0.25) is 19.4 Å². The summed E-state index contributed by atoms with van der Waals surface area (Å²) in [6.45, 7) is 9.11. The van der Waals surface area contributed by atoms with Crippen molar-refractivity contribution in [3.05, 3.63) is 138 Å². The molecule has 5 aliphatic rings. The van der Waals surface area contributed by atoms with E-state index in [0.29, 0.717) is 11.1 Å². The predicted molar refractivity (Wildman–Crippen MR) is 279 cm³/mol. The molecule has 2 amide bonds. The molecule has 65 heavy (non-hydrogen) atoms. The number of benzene rings is 4. The minimum absolute atomic E-state index is 0.113. The minimum atomic E-state index is -0.139. The third-order valence-electron chi connectivity index (χ3n) is 15.0. The summed E-state index contributed by atoms with van der Waals surface area (Å²) in [6, 6.07) is 23.1. The van der Waals surface area contributed by atoms with Gasteiger partial charge in [0.1, 0.15) is 0 Å². The van der Waals surface area contributed by atoms with Gasteiger partial charge in [0.25, 0.3) is 11.8 Å². The zero-order valence-corrected chi connectivity index (χ0v) is 42.4. The maximum atomic E-state index is 15.0. The zero-order valence-electron chi connectivity index (χ0n) is 39.2. The topological polar surface area (TPSA) is 40.6 Å². The van der Waals surface area contributed by atoms with Crippen molar-refractivity contribution in [2.24, 2.45) is 0 Å². The average molecular weight is 995 g/mol. The third-order valence-corrected chi connectivity index (χ3v) is 16.0. The van der Waals surface area contributed by atoms with Gasteiger partial charge >= 0.3 is 0 Å². The molecule has 0 radical (unpaired) electrons. The lowest BCUT2D eigenvalue weighted by Gasteiger charge is -2.34. The van der Waals surface area contributed by atoms with E-state index < -0.39 is 0 Å². The van der Waals surface area contributed by atoms with Crippen LogP contribution in [0.25, 0.3) is 45.8 Å². The van der Waals surface area contributed by atoms with Crippen molar-refractivity contribution in [1.82, 2.24) is 9.80 Å². The number of rotatable bonds is 21. The Kier molecular flexibility index (Phi) is 14.1. The number of carbonyl (C=O) groups excluding carboxylic acids is 2. The van der Waals surface area contributed by atoms with Crippen molar-refractivity contribution < 1.29 is 9.59 Å². The smallest absolute Gasteiger partial charge is 0.265 e. The summed E-state index contributed by atoms with van der Waals surface area (Å²) >= 11 is 7.67. The first-order valence-corrected chi connectivity index (χ1v) is 26.8. The first kappa shape index (κ1) is 45.9. The number of carbonyl (C=O) groups is 2. The van der Waals surface area contributed by atoms with Gasteiger partial charge in [-0.2, -0.15) is 0 Å². The highest BCUT2D eigenvalue weighted by Gasteiger charge is 2.51. The molecule has 9 rings (SSSR count). The molecule has 0 fully saturated rings. The van der Waals surface area contributed by atoms with Crippen LogP contribution >= 0.6 is 31.9 Å². The number of amides is 2. The van der Waals surface area contributed by atoms with Gasteiger partial charge < -0.3 is 0 Å². The molecule has 4 nitrogen and oxygen atoms in total. The van der Waals surface area contributed by atoms with Crippen LogP contribution in [-0.2, 0) is 27.8 Å². The van der Waals surface area contributed by atoms with E-state index >= 15 is 9.59 Å². The number of nitrogens with zero attached hydrogens (tertiary/aromatic N) is 2. The Hall–Kier alpha value is -4.26. The van der Waals surface area contributed by atoms with E-state index in [4.69, 9.17) is 0 Å². The molecule has 0 aromatic heterocycles. The van der Waals surface area contributed by atoms with E-state index in [0.717, 1.165) is 74.7 Å². The molecular weight excluding hydrogens is 928 g/mol. The average Bonchev–Trinajstić information content (AvgIpc) is 3.88. The molecule has 4 aromatic carbocycles. The van der Waals surface area contributed by atoms with E-state index in [1.807, 2.05) is 12.4 Å². The van der Waals surface area contributed by atoms with Crippen molar-refractivity contribution in [3.8, 4) is 22.3 Å². The largest absolute Gasteiger partial charge is 0.282 e. The molecule has 338 valence electrons. The molecule has 6 heteroatoms. The molecule has 0 unspecified atom stereocenters. The fraction of sp³-hybridized carbons (Fsp3) is 0.424. The van der Waals surface area contributed by atoms with E-state index in [2.05, 4.69) is 132 Å². The molecule has 0 saturated carbocycles. The standard InChI is InChI=1S/C59H66Br2N2O2/c1-5-9-13-17-21-39-33-43(60)23-25-45(39)47-34-41-27-31-62-55(48(41)35-40(47)22-18-14-10-6-2)53-54(58(62)65)56-49-38-52-50(36-42(49)28-32-63(56)57(53)64)46-26-24-44(61)37-51(46)59(52,29-19-15-11-7-3)30-20-16-12-8-4/h23-28,31-38H,5-22,29-30H2,1-4H3. The molecule has 0 spiro atoms. The van der Waals surface area contributed by atoms with E-state index in [1.54, 1.807) is 9.80 Å². The Bertz CT molecular complexity index is 2630. The van der Waals surface area contributed by atoms with Crippen LogP contribution in [0.2, 0.25) is 0 Å². The van der Waals surface area contributed by atoms with Crippen molar-refractivity contribution in [2.45, 2.75) is 162 Å². The molecule has 4 heterocycles. The van der Waals surface area contributed by atoms with Gasteiger partial charge in [0, 0.05) is 37.9 Å². The van der Waals surface area contributed by atoms with Crippen molar-refractivity contribution in [2.75, 3.05) is 0 Å². The van der Waals surface area contributed by atoms with Crippen molar-refractivity contribution in [1.29, 1.82) is 0 Å². The summed E-state index contributed by atoms with van der Waals surface area (Å²) in [5.41, 5.74) is 17.2. The first-order chi connectivity index (χ1) is 31.7. The molecule has 0 atom stereocenters. The number of unbranched alkanes of at least 4 members (excludes halogenated alkanes) is 12. The molecule has 1 aliphatic carbocycles. The number of hydrogen-bond donors (Lipinski definition) is 0. The molecule has 0 saturated heterocycles. The zero-order chi connectivity index (χ0) is 45.2. The van der Waals surface area contributed by atoms with Crippen LogP contribution in [0.4, 0.5) is 0 Å². The second-order valence-electron chi connectivity index (χ2n) is 19.3. The summed E-state index contributed by atoms with van der Waals surface area (Å²) < 4.78 is 2.23. The quantitative estimate of drug-likeness (QED) is 0.0781. The summed E-state index contributed by atoms with van der Waals surface area (Å²) in [7, 11) is 0. The second kappa shape index (κ2) is 19.9. The summed E-state index contributed by atoms with van der Waals surface area (Å²) in [4.78, 5) is 33.6. The highest BCUT2D eigenvalue weighted by Crippen LogP contribution is 2.58. The Morgan fingerprint density at radius 2 is 0.908 bits per heavy atom. The third kappa shape index (κ3) is 8.43. The van der Waals surface area contributed by atoms with Gasteiger partial charge in [-0.15, -0.1) is 0 Å². The maximum absolute atomic E-state index is 15.0. The van der Waals surface area contributed by atoms with Crippen LogP contribution in [0.15, 0.2) is 93.2 Å². The van der Waals surface area contributed by atoms with Gasteiger partial charge in [0.15, 0.2) is 0 Å². The molecule has 0 bridgehead atoms. The highest BCUT2D eigenvalue weighted by molar-refractivity contribution is 9.10. The Balaban J connectivity index is 1.18. The highest BCUT2D eigenvalue weighted by atomic mass is 79.9. The summed E-state index contributed by atoms with van der Waals surface area (Å²) in [5, 5.41) is 0. The van der Waals surface area contributed by atoms with Crippen molar-refractivity contribution >= 4 is 67.2 Å². The predicted octanol–water partition coefficient (Wildman–Crippen LogP) is 17.1. The number of halogens is 2. The van der Waals surface area contributed by atoms with E-state index in [1.165, 1.54) is 141 Å². The van der Waals surface area contributed by atoms with Crippen LogP contribution in [-0.4, -0.2) is 21.6 Å². The fourth-order valence-corrected chi connectivity index (χ4v) is 12.5. The van der Waals surface area contributed by atoms with Gasteiger partial charge in [0.2, 0.25) is 0 Å². The molecule has 4 aromatic rings. The van der Waals surface area contributed by atoms with Crippen LogP contribution in [0.3, 0.4) is 0 Å². The number of hydrogen-bond acceptors (Lipinski definition) is 2. The lowest BCUT2D eigenvalue weighted by Crippen LogP contribution is -2.28. The van der Waals surface area contributed by atoms with Crippen LogP contribution in [0.5, 0.6) is 0 Å². The van der Waals surface area contributed by atoms with Gasteiger partial charge in [-0.25, -0.2) is 0 Å². The maximum Gasteiger partial charge on any atom is 0.265 e. The van der Waals surface area contributed by atoms with Gasteiger partial charge in [-0.05, 0) is 155 Å². The Morgan fingerprint density at radius 3 is 1.46 bits per heavy atom. The molecule has 4 aliphatic heterocycles. The SMILES string of the molecule is CCCCCCc1cc(Br)ccc1-c1cc2c(cc1CCCCCC)C1=C3C(=O)N4C=Cc5cc6c(cc5C4=C3C(=O)N1C=C2)C(CCCCCC)(CCCCCC)c1cc(Br)ccc1-6. The van der Waals surface area contributed by atoms with E-state index in [-0.39, 0.29) is 17.2 Å². The number of fused-ring (bicyclic) bond motifs is 10. The van der Waals surface area contributed by atoms with Gasteiger partial charge in [0.05, 0.1) is 22.5 Å². The van der Waals surface area contributed by atoms with Gasteiger partial charge in [-0.1, -0.05) is 162 Å². The van der Waals surface area contributed by atoms with Crippen LogP contribution < -0.4 is 0 Å². The van der Waals surface area contributed by atoms with Crippen LogP contribution in [0, 0.1) is 0 Å². The monoisotopic (exact) mass is 992 g/mol. The molecular formula is C59H66Br2N2O2. The lowest BCUT2D eigenvalue weighted by atomic mass is 9.70. The Morgan fingerprint density at radius 1 is 0.446 bits per heavy atom. The van der Waals surface area contributed by atoms with Crippen LogP contribution in [0.1, 0.15) is 188 Å². The second-order valence-corrected chi connectivity index (χ2v) is 21.2. The van der Waals surface area contributed by atoms with E-state index in [9.17, 15) is 0 Å². The summed E-state index contributed by atoms with van der Waals surface area (Å²) in [6.07, 6.45) is 31.4. The Labute approximate surface area is 405 Å². The fourth-order valence-electron chi connectivity index (χ4n) is 11.7.